The Hall–Kier alpha value is -8.91. The summed E-state index contributed by atoms with van der Waals surface area (Å²) >= 11 is 0. The molecule has 14 rings (SSSR count). The number of imidazole rings is 2. The first kappa shape index (κ1) is 54.3. The molecule has 6 aromatic heterocycles. The average molecular weight is 1280 g/mol. The average Bonchev–Trinajstić information content (AvgIpc) is 1.99. The van der Waals surface area contributed by atoms with E-state index < -0.39 is 0 Å². The van der Waals surface area contributed by atoms with Gasteiger partial charge in [-0.25, -0.2) is 0 Å². The zero-order valence-electron chi connectivity index (χ0n) is 48.7. The fourth-order valence-corrected chi connectivity index (χ4v) is 12.3. The Bertz CT molecular complexity index is 4810. The van der Waals surface area contributed by atoms with Crippen LogP contribution in [0.5, 0.6) is 11.5 Å². The molecular weight excluding hydrogens is 1220 g/mol. The molecule has 0 aliphatic heterocycles. The van der Waals surface area contributed by atoms with Gasteiger partial charge in [0.15, 0.2) is 5.58 Å². The number of aromatic nitrogens is 6. The molecule has 0 radical (unpaired) electrons. The molecule has 0 aliphatic carbocycles. The van der Waals surface area contributed by atoms with Crippen LogP contribution in [-0.4, -0.2) is 29.1 Å². The van der Waals surface area contributed by atoms with Crippen molar-refractivity contribution in [1.82, 2.24) is 29.1 Å². The van der Waals surface area contributed by atoms with Crippen LogP contribution in [0.1, 0.15) is 113 Å². The maximum atomic E-state index is 7.15. The topological polar surface area (TPSA) is 96.9 Å². The second-order valence-electron chi connectivity index (χ2n) is 23.3. The van der Waals surface area contributed by atoms with Crippen LogP contribution in [-0.2, 0) is 21.1 Å². The van der Waals surface area contributed by atoms with Crippen molar-refractivity contribution in [3.05, 3.63) is 216 Å². The SMILES string of the molecule is Cc1cc2c(oc3nc4oc5c(-c6nc7ccccc7n6-c6c(C(C)C)cc(-c7ccccc7)cc6C(C)C)[c-]c(Oc6[c-]c(-c7nc8ccccc8n7-c7c(C(C)C)cc(-c8ccccc8)cc7C(C)C)ccc6)cc5c4cc32)c(C)n1.[Pt+2]. The largest absolute Gasteiger partial charge is 2.00 e. The number of hydrogen-bond donors (Lipinski definition) is 0. The van der Waals surface area contributed by atoms with Gasteiger partial charge in [0.05, 0.1) is 45.0 Å². The van der Waals surface area contributed by atoms with Crippen LogP contribution < -0.4 is 4.74 Å². The van der Waals surface area contributed by atoms with E-state index in [9.17, 15) is 0 Å². The van der Waals surface area contributed by atoms with Crippen molar-refractivity contribution in [2.24, 2.45) is 0 Å². The molecule has 0 saturated carbocycles. The summed E-state index contributed by atoms with van der Waals surface area (Å²) < 4.78 is 25.3. The molecule has 6 heterocycles. The molecule has 0 aliphatic rings. The van der Waals surface area contributed by atoms with Gasteiger partial charge in [0.1, 0.15) is 0 Å². The maximum absolute atomic E-state index is 7.15. The van der Waals surface area contributed by atoms with E-state index in [1.54, 1.807) is 0 Å². The van der Waals surface area contributed by atoms with Crippen molar-refractivity contribution in [1.29, 1.82) is 0 Å². The quantitative estimate of drug-likeness (QED) is 0.112. The van der Waals surface area contributed by atoms with E-state index in [0.29, 0.717) is 45.5 Å². The van der Waals surface area contributed by atoms with Crippen molar-refractivity contribution in [3.8, 4) is 67.9 Å². The van der Waals surface area contributed by atoms with Crippen molar-refractivity contribution < 1.29 is 34.6 Å². The van der Waals surface area contributed by atoms with Crippen molar-refractivity contribution in [2.75, 3.05) is 0 Å². The van der Waals surface area contributed by atoms with E-state index in [4.69, 9.17) is 33.5 Å². The van der Waals surface area contributed by atoms with Gasteiger partial charge in [-0.3, -0.25) is 15.0 Å². The number of aryl methyl sites for hydroxylation is 2. The molecule has 8 aromatic carbocycles. The van der Waals surface area contributed by atoms with Gasteiger partial charge in [0, 0.05) is 44.7 Å². The molecule has 416 valence electrons. The van der Waals surface area contributed by atoms with Crippen LogP contribution in [0.25, 0.3) is 123 Å². The minimum atomic E-state index is 0. The Labute approximate surface area is 503 Å². The van der Waals surface area contributed by atoms with Crippen LogP contribution in [0.3, 0.4) is 0 Å². The van der Waals surface area contributed by atoms with Gasteiger partial charge in [-0.1, -0.05) is 164 Å². The minimum absolute atomic E-state index is 0. The Balaban J connectivity index is 0.00000658. The standard InChI is InChI=1S/C74H62N6O3.Pt/c1-41(2)54-34-50(47-22-13-11-14-23-47)35-55(42(3)4)67(54)79-65-30-19-17-28-63(65)76-71(79)49-26-21-27-52(33-49)81-53-38-59-61-40-60-58-32-45(9)75-46(10)69(58)82-73(60)78-74(61)83-70(59)62(39-53)72-77-64-29-18-20-31-66(64)80(72)68-56(43(5)6)36-51(37-57(68)44(7)8)48-24-15-12-16-25-48;/h11-32,34-38,40-44H,1-10H3;/q-2;+2. The van der Waals surface area contributed by atoms with Crippen LogP contribution >= 0.6 is 0 Å². The summed E-state index contributed by atoms with van der Waals surface area (Å²) in [5, 5.41) is 3.41. The first-order valence-electron chi connectivity index (χ1n) is 28.9. The second-order valence-corrected chi connectivity index (χ2v) is 23.3. The van der Waals surface area contributed by atoms with E-state index in [1.165, 1.54) is 44.5 Å². The third-order valence-corrected chi connectivity index (χ3v) is 16.3. The van der Waals surface area contributed by atoms with E-state index in [2.05, 4.69) is 222 Å². The van der Waals surface area contributed by atoms with Crippen molar-refractivity contribution >= 4 is 66.2 Å². The Kier molecular flexibility index (Phi) is 13.8. The maximum Gasteiger partial charge on any atom is 2.00 e. The Morgan fingerprint density at radius 3 is 1.43 bits per heavy atom. The normalized spacial score (nSPS) is 12.0. The fourth-order valence-electron chi connectivity index (χ4n) is 12.3. The van der Waals surface area contributed by atoms with Crippen molar-refractivity contribution in [2.45, 2.75) is 92.9 Å². The fraction of sp³-hybridized carbons (Fsp3) is 0.189. The number of rotatable bonds is 12. The summed E-state index contributed by atoms with van der Waals surface area (Å²) in [5.41, 5.74) is 20.8. The molecule has 9 nitrogen and oxygen atoms in total. The van der Waals surface area contributed by atoms with Gasteiger partial charge in [-0.2, -0.15) is 4.98 Å². The van der Waals surface area contributed by atoms with E-state index >= 15 is 0 Å². The molecule has 0 atom stereocenters. The van der Waals surface area contributed by atoms with Crippen LogP contribution in [0, 0.1) is 26.0 Å². The molecule has 0 unspecified atom stereocenters. The Morgan fingerprint density at radius 2 is 0.893 bits per heavy atom. The van der Waals surface area contributed by atoms with Gasteiger partial charge < -0.3 is 22.7 Å². The Morgan fingerprint density at radius 1 is 0.417 bits per heavy atom. The molecule has 84 heavy (non-hydrogen) atoms. The van der Waals surface area contributed by atoms with Gasteiger partial charge >= 0.3 is 21.1 Å². The molecule has 0 amide bonds. The predicted octanol–water partition coefficient (Wildman–Crippen LogP) is 20.1. The number of hydrogen-bond acceptors (Lipinski definition) is 7. The van der Waals surface area contributed by atoms with Crippen LogP contribution in [0.15, 0.2) is 179 Å². The number of para-hydroxylation sites is 4. The third-order valence-electron chi connectivity index (χ3n) is 16.3. The summed E-state index contributed by atoms with van der Waals surface area (Å²) in [6, 6.07) is 67.2. The minimum Gasteiger partial charge on any atom is -0.497 e. The molecule has 10 heteroatoms. The number of fused-ring (bicyclic) bond motifs is 8. The third kappa shape index (κ3) is 9.21. The first-order valence-corrected chi connectivity index (χ1v) is 28.9. The molecular formula is C74H62N6O3Pt. The number of ether oxygens (including phenoxy) is 1. The summed E-state index contributed by atoms with van der Waals surface area (Å²) in [4.78, 5) is 20.8. The number of furan rings is 2. The van der Waals surface area contributed by atoms with Gasteiger partial charge in [-0.15, -0.1) is 23.8 Å². The van der Waals surface area contributed by atoms with E-state index in [1.807, 2.05) is 38.1 Å². The summed E-state index contributed by atoms with van der Waals surface area (Å²) in [5.74, 6) is 3.10. The summed E-state index contributed by atoms with van der Waals surface area (Å²) in [7, 11) is 0. The van der Waals surface area contributed by atoms with E-state index in [-0.39, 0.29) is 44.7 Å². The number of pyridine rings is 2. The predicted molar refractivity (Wildman–Crippen MR) is 338 cm³/mol. The number of nitrogens with zero attached hydrogens (tertiary/aromatic N) is 6. The molecule has 0 saturated heterocycles. The van der Waals surface area contributed by atoms with Gasteiger partial charge in [0.25, 0.3) is 0 Å². The summed E-state index contributed by atoms with van der Waals surface area (Å²) in [6.45, 7) is 22.2. The summed E-state index contributed by atoms with van der Waals surface area (Å²) in [6.07, 6.45) is 0. The molecule has 0 spiro atoms. The first-order chi connectivity index (χ1) is 40.3. The smallest absolute Gasteiger partial charge is 0.497 e. The monoisotopic (exact) mass is 1280 g/mol. The number of benzene rings is 8. The van der Waals surface area contributed by atoms with E-state index in [0.717, 1.165) is 77.8 Å². The van der Waals surface area contributed by atoms with Gasteiger partial charge in [0.2, 0.25) is 11.4 Å². The molecule has 0 N–H and O–H groups in total. The van der Waals surface area contributed by atoms with Crippen molar-refractivity contribution in [3.63, 3.8) is 0 Å². The zero-order valence-corrected chi connectivity index (χ0v) is 51.0. The second kappa shape index (κ2) is 21.4. The molecule has 0 bridgehead atoms. The zero-order chi connectivity index (χ0) is 56.9. The molecule has 14 aromatic rings. The van der Waals surface area contributed by atoms with Crippen LogP contribution in [0.2, 0.25) is 0 Å². The van der Waals surface area contributed by atoms with Gasteiger partial charge in [-0.05, 0) is 148 Å². The molecule has 0 fully saturated rings. The van der Waals surface area contributed by atoms with Crippen LogP contribution in [0.4, 0.5) is 0 Å².